The van der Waals surface area contributed by atoms with Gasteiger partial charge in [-0.1, -0.05) is 26.8 Å². The summed E-state index contributed by atoms with van der Waals surface area (Å²) in [5.74, 6) is -1.29. The number of halogens is 2. The summed E-state index contributed by atoms with van der Waals surface area (Å²) in [4.78, 5) is 0.241. The van der Waals surface area contributed by atoms with E-state index in [4.69, 9.17) is 0 Å². The van der Waals surface area contributed by atoms with Crippen LogP contribution in [0.2, 0.25) is 0 Å². The van der Waals surface area contributed by atoms with E-state index in [9.17, 15) is 17.2 Å². The number of fused-ring (bicyclic) bond motifs is 5. The highest BCUT2D eigenvalue weighted by Gasteiger charge is 2.64. The number of sulfonamides is 1. The number of hydrogen-bond acceptors (Lipinski definition) is 5. The van der Waals surface area contributed by atoms with Crippen molar-refractivity contribution in [2.75, 3.05) is 13.1 Å². The quantitative estimate of drug-likeness (QED) is 0.478. The molecular weight excluding hydrogens is 484 g/mol. The summed E-state index contributed by atoms with van der Waals surface area (Å²) in [6, 6.07) is 5.48. The molecule has 7 nitrogen and oxygen atoms in total. The van der Waals surface area contributed by atoms with Crippen LogP contribution in [0.5, 0.6) is 0 Å². The molecule has 1 fully saturated rings. The predicted molar refractivity (Wildman–Crippen MR) is 132 cm³/mol. The first-order valence-corrected chi connectivity index (χ1v) is 13.6. The molecular formula is C26H31F2N5O2S. The summed E-state index contributed by atoms with van der Waals surface area (Å²) in [5.41, 5.74) is 1.77. The van der Waals surface area contributed by atoms with Gasteiger partial charge in [-0.2, -0.15) is 19.6 Å². The first-order valence-electron chi connectivity index (χ1n) is 12.2. The number of nitrogens with zero attached hydrogens (tertiary/aromatic N) is 5. The van der Waals surface area contributed by atoms with Gasteiger partial charge in [0.2, 0.25) is 10.0 Å². The number of benzene rings is 1. The van der Waals surface area contributed by atoms with Gasteiger partial charge < -0.3 is 0 Å². The Labute approximate surface area is 210 Å². The molecule has 0 amide bonds. The van der Waals surface area contributed by atoms with Gasteiger partial charge in [0.05, 0.1) is 28.3 Å². The van der Waals surface area contributed by atoms with Crippen molar-refractivity contribution >= 4 is 10.0 Å². The molecule has 2 aliphatic rings. The third-order valence-corrected chi connectivity index (χ3v) is 10.8. The van der Waals surface area contributed by atoms with E-state index in [-0.39, 0.29) is 34.0 Å². The van der Waals surface area contributed by atoms with Gasteiger partial charge in [-0.15, -0.1) is 0 Å². The maximum atomic E-state index is 14.5. The number of hydrogen-bond donors (Lipinski definition) is 0. The first kappa shape index (κ1) is 25.0. The molecule has 0 unspecified atom stereocenters. The van der Waals surface area contributed by atoms with E-state index < -0.39 is 27.1 Å². The lowest BCUT2D eigenvalue weighted by Crippen LogP contribution is -2.48. The Morgan fingerprint density at radius 1 is 1.17 bits per heavy atom. The molecule has 0 spiro atoms. The SMILES string of the molecule is CCN(C[C@@]12CC[C@@H](c3cc(-c4c(F)cccc4F)nnc31)C2(C)C)S(=O)(=O)c1c(C)nn(C)c1C. The molecule has 1 aromatic carbocycles. The molecule has 2 bridgehead atoms. The van der Waals surface area contributed by atoms with Gasteiger partial charge in [-0.25, -0.2) is 17.2 Å². The topological polar surface area (TPSA) is 81.0 Å². The van der Waals surface area contributed by atoms with Gasteiger partial charge in [0.15, 0.2) is 0 Å². The molecule has 0 radical (unpaired) electrons. The van der Waals surface area contributed by atoms with Crippen molar-refractivity contribution in [1.29, 1.82) is 0 Å². The maximum absolute atomic E-state index is 14.5. The van der Waals surface area contributed by atoms with E-state index >= 15 is 0 Å². The highest BCUT2D eigenvalue weighted by molar-refractivity contribution is 7.89. The molecule has 5 rings (SSSR count). The molecule has 2 aromatic heterocycles. The lowest BCUT2D eigenvalue weighted by molar-refractivity contribution is 0.169. The van der Waals surface area contributed by atoms with Crippen LogP contribution in [-0.4, -0.2) is 45.8 Å². The summed E-state index contributed by atoms with van der Waals surface area (Å²) >= 11 is 0. The van der Waals surface area contributed by atoms with Crippen LogP contribution in [0.25, 0.3) is 11.3 Å². The van der Waals surface area contributed by atoms with Gasteiger partial charge in [-0.05, 0) is 61.8 Å². The fourth-order valence-electron chi connectivity index (χ4n) is 6.57. The Hall–Kier alpha value is -2.72. The second-order valence-corrected chi connectivity index (χ2v) is 12.5. The van der Waals surface area contributed by atoms with E-state index in [0.717, 1.165) is 24.1 Å². The summed E-state index contributed by atoms with van der Waals surface area (Å²) in [5, 5.41) is 13.1. The largest absolute Gasteiger partial charge is 0.271 e. The third-order valence-electron chi connectivity index (χ3n) is 8.67. The molecule has 2 heterocycles. The van der Waals surface area contributed by atoms with E-state index in [2.05, 4.69) is 29.1 Å². The Kier molecular flexibility index (Phi) is 5.64. The van der Waals surface area contributed by atoms with Crippen LogP contribution in [0.3, 0.4) is 0 Å². The van der Waals surface area contributed by atoms with Crippen LogP contribution in [0.15, 0.2) is 29.2 Å². The van der Waals surface area contributed by atoms with Crippen molar-refractivity contribution in [3.05, 3.63) is 58.5 Å². The Balaban J connectivity index is 1.61. The predicted octanol–water partition coefficient (Wildman–Crippen LogP) is 4.64. The molecule has 0 saturated heterocycles. The van der Waals surface area contributed by atoms with Crippen LogP contribution in [0.1, 0.15) is 62.2 Å². The average molecular weight is 516 g/mol. The van der Waals surface area contributed by atoms with Crippen molar-refractivity contribution in [1.82, 2.24) is 24.3 Å². The molecule has 3 aromatic rings. The number of aryl methyl sites for hydroxylation is 2. The van der Waals surface area contributed by atoms with Gasteiger partial charge in [0.25, 0.3) is 0 Å². The number of aromatic nitrogens is 4. The second-order valence-electron chi connectivity index (χ2n) is 10.6. The van der Waals surface area contributed by atoms with E-state index in [0.29, 0.717) is 17.9 Å². The van der Waals surface area contributed by atoms with Gasteiger partial charge in [0, 0.05) is 25.6 Å². The first-order chi connectivity index (χ1) is 16.9. The normalized spacial score (nSPS) is 22.4. The number of likely N-dealkylation sites (N-methyl/N-ethyl adjacent to an activating group) is 1. The zero-order valence-electron chi connectivity index (χ0n) is 21.4. The lowest BCUT2D eigenvalue weighted by Gasteiger charge is -2.41. The smallest absolute Gasteiger partial charge is 0.246 e. The molecule has 192 valence electrons. The minimum atomic E-state index is -3.82. The van der Waals surface area contributed by atoms with Crippen molar-refractivity contribution in [3.8, 4) is 11.3 Å². The van der Waals surface area contributed by atoms with Gasteiger partial charge in [-0.3, -0.25) is 4.68 Å². The van der Waals surface area contributed by atoms with Gasteiger partial charge in [0.1, 0.15) is 16.5 Å². The summed E-state index contributed by atoms with van der Waals surface area (Å²) in [6.45, 7) is 10.1. The lowest BCUT2D eigenvalue weighted by atomic mass is 9.68. The van der Waals surface area contributed by atoms with Crippen LogP contribution < -0.4 is 0 Å². The molecule has 0 aliphatic heterocycles. The standard InChI is InChI=1S/C26H31F2N5O2S/c1-7-33(36(34,35)23-15(2)31-32(6)16(23)3)14-26-12-11-18(25(26,4)5)17-13-21(29-30-24(17)26)22-19(27)9-8-10-20(22)28/h8-10,13,18H,7,11-12,14H2,1-6H3/t18-,26-/m0/s1. The zero-order valence-corrected chi connectivity index (χ0v) is 22.2. The number of rotatable bonds is 6. The molecule has 2 aliphatic carbocycles. The molecule has 10 heteroatoms. The third kappa shape index (κ3) is 3.23. The molecule has 2 atom stereocenters. The van der Waals surface area contributed by atoms with Crippen molar-refractivity contribution in [3.63, 3.8) is 0 Å². The van der Waals surface area contributed by atoms with Crippen molar-refractivity contribution in [2.24, 2.45) is 12.5 Å². The summed E-state index contributed by atoms with van der Waals surface area (Å²) in [6.07, 6.45) is 1.60. The van der Waals surface area contributed by atoms with Gasteiger partial charge >= 0.3 is 0 Å². The van der Waals surface area contributed by atoms with E-state index in [1.807, 2.05) is 6.92 Å². The van der Waals surface area contributed by atoms with Crippen LogP contribution in [0.4, 0.5) is 8.78 Å². The zero-order chi connectivity index (χ0) is 26.2. The van der Waals surface area contributed by atoms with Crippen LogP contribution in [-0.2, 0) is 22.5 Å². The Morgan fingerprint density at radius 2 is 1.83 bits per heavy atom. The molecule has 0 N–H and O–H groups in total. The second kappa shape index (κ2) is 8.14. The Bertz CT molecular complexity index is 1460. The molecule has 36 heavy (non-hydrogen) atoms. The summed E-state index contributed by atoms with van der Waals surface area (Å²) in [7, 11) is -2.09. The van der Waals surface area contributed by atoms with Crippen LogP contribution in [0, 0.1) is 30.9 Å². The Morgan fingerprint density at radius 3 is 2.42 bits per heavy atom. The fraction of sp³-hybridized carbons (Fsp3) is 0.500. The minimum Gasteiger partial charge on any atom is -0.271 e. The monoisotopic (exact) mass is 515 g/mol. The van der Waals surface area contributed by atoms with Crippen molar-refractivity contribution in [2.45, 2.75) is 63.7 Å². The highest BCUT2D eigenvalue weighted by atomic mass is 32.2. The van der Waals surface area contributed by atoms with Crippen molar-refractivity contribution < 1.29 is 17.2 Å². The highest BCUT2D eigenvalue weighted by Crippen LogP contribution is 2.67. The van der Waals surface area contributed by atoms with E-state index in [1.165, 1.54) is 22.5 Å². The summed E-state index contributed by atoms with van der Waals surface area (Å²) < 4.78 is 59.8. The fourth-order valence-corrected chi connectivity index (χ4v) is 8.47. The van der Waals surface area contributed by atoms with Crippen LogP contribution >= 0.6 is 0 Å². The minimum absolute atomic E-state index is 0.0832. The average Bonchev–Trinajstić information content (AvgIpc) is 3.29. The maximum Gasteiger partial charge on any atom is 0.246 e. The van der Waals surface area contributed by atoms with E-state index in [1.54, 1.807) is 31.6 Å². The molecule has 1 saturated carbocycles.